The van der Waals surface area contributed by atoms with Crippen molar-refractivity contribution in [2.75, 3.05) is 167 Å². The van der Waals surface area contributed by atoms with Crippen molar-refractivity contribution >= 4 is 45.2 Å². The zero-order valence-corrected chi connectivity index (χ0v) is 34.0. The molecule has 0 heterocycles. The molecular weight excluding hydrogens is 854 g/mol. The fourth-order valence-corrected chi connectivity index (χ4v) is 4.90. The molecule has 290 valence electrons. The number of halogens is 2. The zero-order valence-electron chi connectivity index (χ0n) is 29.7. The normalized spacial score (nSPS) is 11.6. The molecule has 0 aromatic heterocycles. The maximum absolute atomic E-state index is 5.56. The highest BCUT2D eigenvalue weighted by Crippen LogP contribution is 2.03. The summed E-state index contributed by atoms with van der Waals surface area (Å²) in [6.45, 7) is 13.8. The van der Waals surface area contributed by atoms with Crippen LogP contribution in [0.2, 0.25) is 0 Å². The summed E-state index contributed by atoms with van der Waals surface area (Å²) in [7, 11) is 0. The monoisotopic (exact) mass is 922 g/mol. The first kappa shape index (κ1) is 49.0. The SMILES string of the molecule is ICCCCCCOCCOCCOCCOCCOCCOCCOCCOCCOCCOCCOCCOCCCCCCI. The van der Waals surface area contributed by atoms with Crippen LogP contribution in [0, 0.1) is 0 Å². The summed E-state index contributed by atoms with van der Waals surface area (Å²) < 4.78 is 68.6. The van der Waals surface area contributed by atoms with E-state index in [1.54, 1.807) is 0 Å². The third-order valence-corrected chi connectivity index (χ3v) is 7.96. The summed E-state index contributed by atoms with van der Waals surface area (Å²) in [6, 6.07) is 0. The van der Waals surface area contributed by atoms with Crippen LogP contribution in [0.3, 0.4) is 0 Å². The highest BCUT2D eigenvalue weighted by molar-refractivity contribution is 14.1. The minimum atomic E-state index is 0.522. The van der Waals surface area contributed by atoms with Crippen LogP contribution >= 0.6 is 45.2 Å². The van der Waals surface area contributed by atoms with E-state index in [0.29, 0.717) is 145 Å². The van der Waals surface area contributed by atoms with E-state index in [4.69, 9.17) is 56.8 Å². The predicted molar refractivity (Wildman–Crippen MR) is 205 cm³/mol. The van der Waals surface area contributed by atoms with Gasteiger partial charge in [-0.25, -0.2) is 0 Å². The Hall–Kier alpha value is 0.980. The first-order valence-corrected chi connectivity index (χ1v) is 21.0. The van der Waals surface area contributed by atoms with Crippen LogP contribution < -0.4 is 0 Å². The lowest BCUT2D eigenvalue weighted by atomic mass is 10.2. The third-order valence-electron chi connectivity index (χ3n) is 6.44. The van der Waals surface area contributed by atoms with Crippen molar-refractivity contribution in [3.63, 3.8) is 0 Å². The highest BCUT2D eigenvalue weighted by Gasteiger charge is 1.97. The Kier molecular flexibility index (Phi) is 49.0. The van der Waals surface area contributed by atoms with Crippen LogP contribution in [0.25, 0.3) is 0 Å². The van der Waals surface area contributed by atoms with Gasteiger partial charge in [0.2, 0.25) is 0 Å². The topological polar surface area (TPSA) is 111 Å². The Labute approximate surface area is 319 Å². The van der Waals surface area contributed by atoms with Gasteiger partial charge in [-0.05, 0) is 34.5 Å². The van der Waals surface area contributed by atoms with Gasteiger partial charge in [-0.15, -0.1) is 0 Å². The fraction of sp³-hybridized carbons (Fsp3) is 1.00. The van der Waals surface area contributed by atoms with Crippen molar-refractivity contribution in [3.8, 4) is 0 Å². The molecule has 0 amide bonds. The molecule has 14 heteroatoms. The Morgan fingerprint density at radius 1 is 0.167 bits per heavy atom. The lowest BCUT2D eigenvalue weighted by Crippen LogP contribution is -2.15. The quantitative estimate of drug-likeness (QED) is 0.0457. The maximum atomic E-state index is 5.56. The molecule has 0 fully saturated rings. The van der Waals surface area contributed by atoms with Gasteiger partial charge in [-0.3, -0.25) is 0 Å². The van der Waals surface area contributed by atoms with E-state index in [1.165, 1.54) is 47.4 Å². The van der Waals surface area contributed by atoms with Crippen molar-refractivity contribution in [3.05, 3.63) is 0 Å². The standard InChI is InChI=1S/C34H68I2O12/c35-9-5-1-3-7-11-37-13-15-39-17-19-41-21-23-43-25-27-45-29-31-47-33-34-48-32-30-46-28-26-44-24-22-42-20-18-40-16-14-38-12-8-4-2-6-10-36/h1-34H2. The molecule has 0 N–H and O–H groups in total. The number of hydrogen-bond acceptors (Lipinski definition) is 12. The molecule has 0 aromatic carbocycles. The molecule has 12 nitrogen and oxygen atoms in total. The van der Waals surface area contributed by atoms with Crippen molar-refractivity contribution < 1.29 is 56.8 Å². The highest BCUT2D eigenvalue weighted by atomic mass is 127. The molecule has 0 saturated carbocycles. The fourth-order valence-electron chi connectivity index (χ4n) is 3.83. The second-order valence-corrected chi connectivity index (χ2v) is 12.7. The summed E-state index contributed by atoms with van der Waals surface area (Å²) in [4.78, 5) is 0. The molecule has 0 aliphatic carbocycles. The van der Waals surface area contributed by atoms with E-state index in [2.05, 4.69) is 45.2 Å². The second kappa shape index (κ2) is 48.0. The van der Waals surface area contributed by atoms with Crippen LogP contribution in [0.4, 0.5) is 0 Å². The molecule has 0 atom stereocenters. The molecule has 48 heavy (non-hydrogen) atoms. The number of unbranched alkanes of at least 4 members (excludes halogenated alkanes) is 6. The Morgan fingerprint density at radius 2 is 0.312 bits per heavy atom. The van der Waals surface area contributed by atoms with Crippen molar-refractivity contribution in [2.24, 2.45) is 0 Å². The van der Waals surface area contributed by atoms with E-state index >= 15 is 0 Å². The zero-order chi connectivity index (χ0) is 34.5. The minimum absolute atomic E-state index is 0.522. The molecule has 0 aliphatic heterocycles. The van der Waals surface area contributed by atoms with Crippen molar-refractivity contribution in [1.29, 1.82) is 0 Å². The Balaban J connectivity index is 3.04. The van der Waals surface area contributed by atoms with Gasteiger partial charge < -0.3 is 56.8 Å². The number of hydrogen-bond donors (Lipinski definition) is 0. The molecule has 0 bridgehead atoms. The molecule has 0 rings (SSSR count). The molecule has 0 aliphatic rings. The van der Waals surface area contributed by atoms with E-state index in [9.17, 15) is 0 Å². The predicted octanol–water partition coefficient (Wildman–Crippen LogP) is 5.18. The van der Waals surface area contributed by atoms with E-state index in [0.717, 1.165) is 26.1 Å². The average Bonchev–Trinajstić information content (AvgIpc) is 3.10. The summed E-state index contributed by atoms with van der Waals surface area (Å²) in [5.41, 5.74) is 0. The summed E-state index contributed by atoms with van der Waals surface area (Å²) in [6.07, 6.45) is 9.97. The molecule has 0 unspecified atom stereocenters. The number of rotatable bonds is 45. The van der Waals surface area contributed by atoms with Gasteiger partial charge in [0.15, 0.2) is 0 Å². The first-order chi connectivity index (χ1) is 23.9. The molecule has 0 radical (unpaired) electrons. The first-order valence-electron chi connectivity index (χ1n) is 18.0. The Bertz CT molecular complexity index is 512. The molecular formula is C34H68I2O12. The lowest BCUT2D eigenvalue weighted by Gasteiger charge is -2.09. The van der Waals surface area contributed by atoms with Gasteiger partial charge in [-0.2, -0.15) is 0 Å². The van der Waals surface area contributed by atoms with Gasteiger partial charge >= 0.3 is 0 Å². The Morgan fingerprint density at radius 3 is 0.479 bits per heavy atom. The van der Waals surface area contributed by atoms with Crippen LogP contribution in [0.5, 0.6) is 0 Å². The van der Waals surface area contributed by atoms with Crippen LogP contribution in [-0.4, -0.2) is 167 Å². The summed E-state index contributed by atoms with van der Waals surface area (Å²) in [5.74, 6) is 0. The largest absolute Gasteiger partial charge is 0.379 e. The molecule has 0 saturated heterocycles. The van der Waals surface area contributed by atoms with Crippen LogP contribution in [0.15, 0.2) is 0 Å². The van der Waals surface area contributed by atoms with Gasteiger partial charge in [0.05, 0.1) is 145 Å². The molecule has 0 aromatic rings. The van der Waals surface area contributed by atoms with Crippen molar-refractivity contribution in [2.45, 2.75) is 51.4 Å². The van der Waals surface area contributed by atoms with E-state index in [-0.39, 0.29) is 0 Å². The second-order valence-electron chi connectivity index (χ2n) is 10.6. The minimum Gasteiger partial charge on any atom is -0.379 e. The average molecular weight is 923 g/mol. The van der Waals surface area contributed by atoms with E-state index < -0.39 is 0 Å². The van der Waals surface area contributed by atoms with Crippen LogP contribution in [0.1, 0.15) is 51.4 Å². The maximum Gasteiger partial charge on any atom is 0.0701 e. The smallest absolute Gasteiger partial charge is 0.0701 e. The number of ether oxygens (including phenoxy) is 12. The van der Waals surface area contributed by atoms with Crippen molar-refractivity contribution in [1.82, 2.24) is 0 Å². The van der Waals surface area contributed by atoms with Gasteiger partial charge in [0.25, 0.3) is 0 Å². The van der Waals surface area contributed by atoms with Gasteiger partial charge in [0, 0.05) is 13.2 Å². The summed E-state index contributed by atoms with van der Waals surface area (Å²) >= 11 is 4.84. The lowest BCUT2D eigenvalue weighted by molar-refractivity contribution is -0.0284. The molecule has 0 spiro atoms. The van der Waals surface area contributed by atoms with Crippen LogP contribution in [-0.2, 0) is 56.8 Å². The number of alkyl halides is 2. The van der Waals surface area contributed by atoms with Gasteiger partial charge in [-0.1, -0.05) is 70.9 Å². The third kappa shape index (κ3) is 47.0. The summed E-state index contributed by atoms with van der Waals surface area (Å²) in [5, 5.41) is 0. The van der Waals surface area contributed by atoms with E-state index in [1.807, 2.05) is 0 Å². The van der Waals surface area contributed by atoms with Gasteiger partial charge in [0.1, 0.15) is 0 Å².